The van der Waals surface area contributed by atoms with Gasteiger partial charge < -0.3 is 11.1 Å². The predicted molar refractivity (Wildman–Crippen MR) is 85.0 cm³/mol. The molecule has 0 spiro atoms. The third-order valence-electron chi connectivity index (χ3n) is 2.58. The molecule has 0 bridgehead atoms. The Kier molecular flexibility index (Phi) is 4.66. The minimum atomic E-state index is -0.272. The van der Waals surface area contributed by atoms with Gasteiger partial charge in [-0.2, -0.15) is 0 Å². The first-order valence-corrected chi connectivity index (χ1v) is 6.60. The Morgan fingerprint density at radius 1 is 1.10 bits per heavy atom. The first-order chi connectivity index (χ1) is 9.56. The molecule has 5 heteroatoms. The Morgan fingerprint density at radius 3 is 2.55 bits per heavy atom. The summed E-state index contributed by atoms with van der Waals surface area (Å²) in [6, 6.07) is 12.2. The molecule has 0 saturated heterocycles. The molecule has 0 unspecified atom stereocenters. The van der Waals surface area contributed by atoms with E-state index >= 15 is 0 Å². The van der Waals surface area contributed by atoms with E-state index in [0.717, 1.165) is 5.56 Å². The van der Waals surface area contributed by atoms with Crippen molar-refractivity contribution in [1.29, 1.82) is 0 Å². The smallest absolute Gasteiger partial charge is 0.248 e. The number of nitrogen functional groups attached to an aromatic ring is 1. The molecule has 1 amide bonds. The van der Waals surface area contributed by atoms with E-state index in [1.807, 2.05) is 0 Å². The van der Waals surface area contributed by atoms with Crippen LogP contribution in [0.3, 0.4) is 0 Å². The Bertz CT molecular complexity index is 669. The summed E-state index contributed by atoms with van der Waals surface area (Å²) in [7, 11) is 0. The first kappa shape index (κ1) is 14.4. The van der Waals surface area contributed by atoms with Crippen LogP contribution in [0.2, 0.25) is 10.0 Å². The lowest BCUT2D eigenvalue weighted by molar-refractivity contribution is -0.111. The van der Waals surface area contributed by atoms with Crippen LogP contribution in [-0.2, 0) is 4.79 Å². The zero-order valence-electron chi connectivity index (χ0n) is 10.4. The molecule has 3 N–H and O–H groups in total. The van der Waals surface area contributed by atoms with E-state index in [1.165, 1.54) is 6.08 Å². The number of hydrogen-bond acceptors (Lipinski definition) is 2. The van der Waals surface area contributed by atoms with Gasteiger partial charge in [-0.1, -0.05) is 41.4 Å². The maximum atomic E-state index is 11.8. The molecule has 102 valence electrons. The maximum Gasteiger partial charge on any atom is 0.248 e. The maximum absolute atomic E-state index is 11.8. The second-order valence-corrected chi connectivity index (χ2v) is 4.90. The van der Waals surface area contributed by atoms with Crippen molar-refractivity contribution >= 4 is 46.6 Å². The highest BCUT2D eigenvalue weighted by atomic mass is 35.5. The van der Waals surface area contributed by atoms with Gasteiger partial charge in [-0.25, -0.2) is 0 Å². The van der Waals surface area contributed by atoms with Crippen molar-refractivity contribution in [2.24, 2.45) is 0 Å². The SMILES string of the molecule is Nc1cc(/C=C/C(=O)Nc2ccccc2Cl)ccc1Cl. The zero-order chi connectivity index (χ0) is 14.5. The summed E-state index contributed by atoms with van der Waals surface area (Å²) in [6.45, 7) is 0. The molecule has 0 aliphatic rings. The lowest BCUT2D eigenvalue weighted by atomic mass is 10.2. The van der Waals surface area contributed by atoms with Crippen LogP contribution in [0.1, 0.15) is 5.56 Å². The number of nitrogens with one attached hydrogen (secondary N) is 1. The summed E-state index contributed by atoms with van der Waals surface area (Å²) in [6.07, 6.45) is 3.06. The molecule has 0 saturated carbocycles. The zero-order valence-corrected chi connectivity index (χ0v) is 11.9. The normalized spacial score (nSPS) is 10.7. The van der Waals surface area contributed by atoms with Gasteiger partial charge >= 0.3 is 0 Å². The van der Waals surface area contributed by atoms with E-state index in [9.17, 15) is 4.79 Å². The number of carbonyl (C=O) groups is 1. The molecule has 0 heterocycles. The van der Waals surface area contributed by atoms with Crippen molar-refractivity contribution in [1.82, 2.24) is 0 Å². The number of para-hydroxylation sites is 1. The minimum Gasteiger partial charge on any atom is -0.398 e. The summed E-state index contributed by atoms with van der Waals surface area (Å²) in [5.41, 5.74) is 7.52. The van der Waals surface area contributed by atoms with E-state index in [1.54, 1.807) is 48.5 Å². The average Bonchev–Trinajstić information content (AvgIpc) is 2.43. The first-order valence-electron chi connectivity index (χ1n) is 5.85. The van der Waals surface area contributed by atoms with Gasteiger partial charge in [-0.3, -0.25) is 4.79 Å². The van der Waals surface area contributed by atoms with E-state index in [0.29, 0.717) is 21.4 Å². The van der Waals surface area contributed by atoms with E-state index in [2.05, 4.69) is 5.32 Å². The number of anilines is 2. The molecule has 0 aliphatic heterocycles. The van der Waals surface area contributed by atoms with Crippen LogP contribution in [0.25, 0.3) is 6.08 Å². The van der Waals surface area contributed by atoms with Gasteiger partial charge in [0.25, 0.3) is 0 Å². The van der Waals surface area contributed by atoms with Crippen molar-refractivity contribution in [3.8, 4) is 0 Å². The molecule has 2 aromatic carbocycles. The Morgan fingerprint density at radius 2 is 1.85 bits per heavy atom. The predicted octanol–water partition coefficient (Wildman–Crippen LogP) is 4.23. The number of rotatable bonds is 3. The fourth-order valence-corrected chi connectivity index (χ4v) is 1.88. The van der Waals surface area contributed by atoms with Crippen molar-refractivity contribution in [3.05, 3.63) is 64.1 Å². The van der Waals surface area contributed by atoms with Crippen LogP contribution in [0.15, 0.2) is 48.5 Å². The molecule has 2 aromatic rings. The molecular weight excluding hydrogens is 295 g/mol. The summed E-state index contributed by atoms with van der Waals surface area (Å²) >= 11 is 11.8. The van der Waals surface area contributed by atoms with Crippen LogP contribution in [0.4, 0.5) is 11.4 Å². The Labute approximate surface area is 127 Å². The van der Waals surface area contributed by atoms with Crippen molar-refractivity contribution in [3.63, 3.8) is 0 Å². The monoisotopic (exact) mass is 306 g/mol. The number of halogens is 2. The summed E-state index contributed by atoms with van der Waals surface area (Å²) in [5.74, 6) is -0.272. The van der Waals surface area contributed by atoms with Crippen LogP contribution in [0, 0.1) is 0 Å². The van der Waals surface area contributed by atoms with Crippen LogP contribution >= 0.6 is 23.2 Å². The minimum absolute atomic E-state index is 0.272. The quantitative estimate of drug-likeness (QED) is 0.658. The highest BCUT2D eigenvalue weighted by molar-refractivity contribution is 6.34. The molecule has 20 heavy (non-hydrogen) atoms. The Hall–Kier alpha value is -1.97. The summed E-state index contributed by atoms with van der Waals surface area (Å²) in [4.78, 5) is 11.8. The highest BCUT2D eigenvalue weighted by Gasteiger charge is 2.02. The van der Waals surface area contributed by atoms with E-state index in [4.69, 9.17) is 28.9 Å². The largest absolute Gasteiger partial charge is 0.398 e. The molecule has 0 aromatic heterocycles. The fourth-order valence-electron chi connectivity index (χ4n) is 1.57. The molecule has 0 aliphatic carbocycles. The molecule has 0 radical (unpaired) electrons. The molecule has 2 rings (SSSR count). The van der Waals surface area contributed by atoms with Gasteiger partial charge in [0.2, 0.25) is 5.91 Å². The number of carbonyl (C=O) groups excluding carboxylic acids is 1. The van der Waals surface area contributed by atoms with Gasteiger partial charge in [0.15, 0.2) is 0 Å². The van der Waals surface area contributed by atoms with Gasteiger partial charge in [-0.15, -0.1) is 0 Å². The average molecular weight is 307 g/mol. The van der Waals surface area contributed by atoms with Crippen molar-refractivity contribution < 1.29 is 4.79 Å². The second-order valence-electron chi connectivity index (χ2n) is 4.08. The van der Waals surface area contributed by atoms with E-state index in [-0.39, 0.29) is 5.91 Å². The van der Waals surface area contributed by atoms with Gasteiger partial charge in [0, 0.05) is 6.08 Å². The number of benzene rings is 2. The lowest BCUT2D eigenvalue weighted by Gasteiger charge is -2.04. The summed E-state index contributed by atoms with van der Waals surface area (Å²) in [5, 5.41) is 3.67. The fraction of sp³-hybridized carbons (Fsp3) is 0. The number of nitrogens with two attached hydrogens (primary N) is 1. The molecule has 0 atom stereocenters. The molecule has 0 fully saturated rings. The van der Waals surface area contributed by atoms with Crippen molar-refractivity contribution in [2.45, 2.75) is 0 Å². The van der Waals surface area contributed by atoms with Crippen LogP contribution < -0.4 is 11.1 Å². The van der Waals surface area contributed by atoms with Gasteiger partial charge in [-0.05, 0) is 35.9 Å². The topological polar surface area (TPSA) is 55.1 Å². The number of hydrogen-bond donors (Lipinski definition) is 2. The third-order valence-corrected chi connectivity index (χ3v) is 3.25. The van der Waals surface area contributed by atoms with E-state index < -0.39 is 0 Å². The van der Waals surface area contributed by atoms with Gasteiger partial charge in [0.1, 0.15) is 0 Å². The van der Waals surface area contributed by atoms with Crippen LogP contribution in [-0.4, -0.2) is 5.91 Å². The third kappa shape index (κ3) is 3.76. The van der Waals surface area contributed by atoms with Gasteiger partial charge in [0.05, 0.1) is 21.4 Å². The lowest BCUT2D eigenvalue weighted by Crippen LogP contribution is -2.07. The molecule has 3 nitrogen and oxygen atoms in total. The van der Waals surface area contributed by atoms with Crippen molar-refractivity contribution in [2.75, 3.05) is 11.1 Å². The highest BCUT2D eigenvalue weighted by Crippen LogP contribution is 2.21. The molecular formula is C15H12Cl2N2O. The number of amides is 1. The summed E-state index contributed by atoms with van der Waals surface area (Å²) < 4.78 is 0. The Balaban J connectivity index is 2.06. The standard InChI is InChI=1S/C15H12Cl2N2O/c16-11-7-5-10(9-13(11)18)6-8-15(20)19-14-4-2-1-3-12(14)17/h1-9H,18H2,(H,19,20)/b8-6+. The second kappa shape index (κ2) is 6.46. The van der Waals surface area contributed by atoms with Crippen LogP contribution in [0.5, 0.6) is 0 Å².